The van der Waals surface area contributed by atoms with E-state index >= 15 is 0 Å². The van der Waals surface area contributed by atoms with Crippen LogP contribution in [0.1, 0.15) is 28.4 Å². The van der Waals surface area contributed by atoms with Crippen LogP contribution >= 0.6 is 11.8 Å². The van der Waals surface area contributed by atoms with Gasteiger partial charge in [0.15, 0.2) is 12.4 Å². The molecule has 160 valence electrons. The zero-order valence-corrected chi connectivity index (χ0v) is 18.0. The van der Waals surface area contributed by atoms with Crippen LogP contribution < -0.4 is 10.1 Å². The summed E-state index contributed by atoms with van der Waals surface area (Å²) in [6.07, 6.45) is 1.69. The molecule has 1 N–H and O–H groups in total. The quantitative estimate of drug-likeness (QED) is 0.501. The highest BCUT2D eigenvalue weighted by molar-refractivity contribution is 8.18. The lowest BCUT2D eigenvalue weighted by molar-refractivity contribution is -0.125. The zero-order valence-electron chi connectivity index (χ0n) is 17.2. The first kappa shape index (κ1) is 22.3. The van der Waals surface area contributed by atoms with Crippen LogP contribution in [0.15, 0.2) is 53.4 Å². The Balaban J connectivity index is 1.45. The summed E-state index contributed by atoms with van der Waals surface area (Å²) >= 11 is 0.887. The Morgan fingerprint density at radius 1 is 1.06 bits per heavy atom. The summed E-state index contributed by atoms with van der Waals surface area (Å²) < 4.78 is 5.38. The topological polar surface area (TPSA) is 92.8 Å². The second-order valence-corrected chi connectivity index (χ2v) is 7.96. The van der Waals surface area contributed by atoms with Crippen LogP contribution in [0.5, 0.6) is 5.75 Å². The van der Waals surface area contributed by atoms with Gasteiger partial charge in [-0.2, -0.15) is 0 Å². The third kappa shape index (κ3) is 6.05. The van der Waals surface area contributed by atoms with Gasteiger partial charge in [0.25, 0.3) is 17.1 Å². The lowest BCUT2D eigenvalue weighted by atomic mass is 10.1. The largest absolute Gasteiger partial charge is 0.484 e. The third-order valence-corrected chi connectivity index (χ3v) is 5.44. The number of ether oxygens (including phenoxy) is 1. The molecule has 0 bridgehead atoms. The van der Waals surface area contributed by atoms with Gasteiger partial charge < -0.3 is 10.1 Å². The van der Waals surface area contributed by atoms with Crippen molar-refractivity contribution in [3.63, 3.8) is 0 Å². The van der Waals surface area contributed by atoms with E-state index in [1.807, 2.05) is 31.2 Å². The van der Waals surface area contributed by atoms with Crippen LogP contribution in [0.4, 0.5) is 4.79 Å². The van der Waals surface area contributed by atoms with Crippen molar-refractivity contribution >= 4 is 40.7 Å². The number of hydrogen-bond donors (Lipinski definition) is 1. The van der Waals surface area contributed by atoms with E-state index < -0.39 is 0 Å². The monoisotopic (exact) mass is 438 g/mol. The fourth-order valence-corrected chi connectivity index (χ4v) is 3.66. The number of thioether (sulfide) groups is 1. The number of aryl methyl sites for hydroxylation is 1. The first-order chi connectivity index (χ1) is 14.8. The number of ketones is 1. The molecular weight excluding hydrogens is 416 g/mol. The number of Topliss-reactive ketones (excluding diaryl/α,β-unsaturated/α-hetero) is 1. The predicted molar refractivity (Wildman–Crippen MR) is 119 cm³/mol. The van der Waals surface area contributed by atoms with Crippen molar-refractivity contribution in [1.29, 1.82) is 0 Å². The van der Waals surface area contributed by atoms with Gasteiger partial charge in [-0.05, 0) is 61.5 Å². The molecule has 0 aliphatic carbocycles. The van der Waals surface area contributed by atoms with Gasteiger partial charge in [0, 0.05) is 18.7 Å². The Morgan fingerprint density at radius 3 is 2.39 bits per heavy atom. The maximum Gasteiger partial charge on any atom is 0.293 e. The molecular formula is C23H22N2O5S. The summed E-state index contributed by atoms with van der Waals surface area (Å²) in [5.41, 5.74) is 2.52. The molecule has 3 rings (SSSR count). The minimum atomic E-state index is -0.377. The molecule has 2 aromatic carbocycles. The summed E-state index contributed by atoms with van der Waals surface area (Å²) in [4.78, 5) is 49.4. The molecule has 0 atom stereocenters. The average molecular weight is 439 g/mol. The SMILES string of the molecule is CC(=O)c1ccc(OCC(=O)NCCN2C(=O)SC(=Cc3ccc(C)cc3)C2=O)cc1. The minimum Gasteiger partial charge on any atom is -0.484 e. The molecule has 3 amide bonds. The molecule has 2 aromatic rings. The maximum absolute atomic E-state index is 12.5. The molecule has 1 aliphatic heterocycles. The van der Waals surface area contributed by atoms with Crippen molar-refractivity contribution in [2.45, 2.75) is 13.8 Å². The number of carbonyl (C=O) groups is 4. The molecule has 0 aromatic heterocycles. The highest BCUT2D eigenvalue weighted by Gasteiger charge is 2.34. The van der Waals surface area contributed by atoms with E-state index in [1.165, 1.54) is 6.92 Å². The van der Waals surface area contributed by atoms with E-state index in [4.69, 9.17) is 4.74 Å². The highest BCUT2D eigenvalue weighted by Crippen LogP contribution is 2.31. The zero-order chi connectivity index (χ0) is 22.4. The van der Waals surface area contributed by atoms with E-state index in [2.05, 4.69) is 5.32 Å². The predicted octanol–water partition coefficient (Wildman–Crippen LogP) is 3.43. The van der Waals surface area contributed by atoms with Crippen LogP contribution in [-0.4, -0.2) is 47.4 Å². The van der Waals surface area contributed by atoms with Crippen molar-refractivity contribution < 1.29 is 23.9 Å². The van der Waals surface area contributed by atoms with E-state index in [9.17, 15) is 19.2 Å². The van der Waals surface area contributed by atoms with Gasteiger partial charge in [-0.3, -0.25) is 24.1 Å². The number of benzene rings is 2. The number of carbonyl (C=O) groups excluding carboxylic acids is 4. The average Bonchev–Trinajstić information content (AvgIpc) is 3.01. The fraction of sp³-hybridized carbons (Fsp3) is 0.217. The molecule has 8 heteroatoms. The molecule has 7 nitrogen and oxygen atoms in total. The van der Waals surface area contributed by atoms with Crippen molar-refractivity contribution in [3.8, 4) is 5.75 Å². The Labute approximate surface area is 184 Å². The van der Waals surface area contributed by atoms with Gasteiger partial charge in [-0.25, -0.2) is 0 Å². The van der Waals surface area contributed by atoms with Gasteiger partial charge in [0.05, 0.1) is 4.91 Å². The van der Waals surface area contributed by atoms with Crippen molar-refractivity contribution in [2.75, 3.05) is 19.7 Å². The highest BCUT2D eigenvalue weighted by atomic mass is 32.2. The van der Waals surface area contributed by atoms with Gasteiger partial charge in [0.2, 0.25) is 0 Å². The minimum absolute atomic E-state index is 0.0506. The standard InChI is InChI=1S/C23H22N2O5S/c1-15-3-5-17(6-4-15)13-20-22(28)25(23(29)31-20)12-11-24-21(27)14-30-19-9-7-18(8-10-19)16(2)26/h3-10,13H,11-12,14H2,1-2H3,(H,24,27). The molecule has 0 saturated carbocycles. The Bertz CT molecular complexity index is 1030. The van der Waals surface area contributed by atoms with Crippen LogP contribution in [0.25, 0.3) is 6.08 Å². The van der Waals surface area contributed by atoms with Crippen LogP contribution in [-0.2, 0) is 9.59 Å². The Morgan fingerprint density at radius 2 is 1.74 bits per heavy atom. The Hall–Kier alpha value is -3.39. The third-order valence-electron chi connectivity index (χ3n) is 4.54. The molecule has 0 radical (unpaired) electrons. The number of hydrogen-bond acceptors (Lipinski definition) is 6. The molecule has 0 unspecified atom stereocenters. The lowest BCUT2D eigenvalue weighted by Gasteiger charge is -2.13. The Kier molecular flexibility index (Phi) is 7.25. The molecule has 1 saturated heterocycles. The summed E-state index contributed by atoms with van der Waals surface area (Å²) in [5.74, 6) is -0.331. The molecule has 1 fully saturated rings. The second kappa shape index (κ2) is 10.1. The van der Waals surface area contributed by atoms with E-state index in [0.717, 1.165) is 27.8 Å². The van der Waals surface area contributed by atoms with Gasteiger partial charge in [-0.15, -0.1) is 0 Å². The maximum atomic E-state index is 12.5. The first-order valence-electron chi connectivity index (χ1n) is 9.66. The van der Waals surface area contributed by atoms with Crippen molar-refractivity contribution in [2.24, 2.45) is 0 Å². The van der Waals surface area contributed by atoms with Gasteiger partial charge in [-0.1, -0.05) is 29.8 Å². The van der Waals surface area contributed by atoms with Crippen molar-refractivity contribution in [3.05, 3.63) is 70.1 Å². The first-order valence-corrected chi connectivity index (χ1v) is 10.5. The number of nitrogens with zero attached hydrogens (tertiary/aromatic N) is 1. The van der Waals surface area contributed by atoms with Gasteiger partial charge >= 0.3 is 0 Å². The summed E-state index contributed by atoms with van der Waals surface area (Å²) in [7, 11) is 0. The van der Waals surface area contributed by atoms with Gasteiger partial charge in [0.1, 0.15) is 5.75 Å². The second-order valence-electron chi connectivity index (χ2n) is 6.96. The van der Waals surface area contributed by atoms with Crippen LogP contribution in [0.3, 0.4) is 0 Å². The van der Waals surface area contributed by atoms with E-state index in [-0.39, 0.29) is 42.5 Å². The normalized spacial score (nSPS) is 14.8. The van der Waals surface area contributed by atoms with Crippen LogP contribution in [0.2, 0.25) is 0 Å². The number of amides is 3. The summed E-state index contributed by atoms with van der Waals surface area (Å²) in [5, 5.41) is 2.27. The summed E-state index contributed by atoms with van der Waals surface area (Å²) in [6.45, 7) is 3.44. The molecule has 0 spiro atoms. The molecule has 1 aliphatic rings. The lowest BCUT2D eigenvalue weighted by Crippen LogP contribution is -2.38. The molecule has 1 heterocycles. The van der Waals surface area contributed by atoms with E-state index in [0.29, 0.717) is 16.2 Å². The molecule has 31 heavy (non-hydrogen) atoms. The fourth-order valence-electron chi connectivity index (χ4n) is 2.80. The van der Waals surface area contributed by atoms with E-state index in [1.54, 1.807) is 30.3 Å². The smallest absolute Gasteiger partial charge is 0.293 e. The number of rotatable bonds is 8. The number of nitrogens with one attached hydrogen (secondary N) is 1. The summed E-state index contributed by atoms with van der Waals surface area (Å²) in [6, 6.07) is 14.1. The van der Waals surface area contributed by atoms with Crippen LogP contribution in [0, 0.1) is 6.92 Å². The van der Waals surface area contributed by atoms with Crippen molar-refractivity contribution in [1.82, 2.24) is 10.2 Å². The number of imide groups is 1.